The largest absolute Gasteiger partial charge is 0.390 e. The van der Waals surface area contributed by atoms with E-state index in [9.17, 15) is 14.3 Å². The van der Waals surface area contributed by atoms with E-state index in [0.717, 1.165) is 19.5 Å². The van der Waals surface area contributed by atoms with E-state index in [1.54, 1.807) is 13.0 Å². The van der Waals surface area contributed by atoms with Gasteiger partial charge in [0.15, 0.2) is 0 Å². The molecule has 132 valence electrons. The summed E-state index contributed by atoms with van der Waals surface area (Å²) in [4.78, 5) is 14.4. The lowest BCUT2D eigenvalue weighted by Gasteiger charge is -2.30. The Labute approximate surface area is 147 Å². The molecule has 0 saturated carbocycles. The molecular weight excluding hydrogens is 319 g/mol. The van der Waals surface area contributed by atoms with Crippen LogP contribution in [-0.4, -0.2) is 41.7 Å². The van der Waals surface area contributed by atoms with Gasteiger partial charge in [0.25, 0.3) is 5.91 Å². The van der Waals surface area contributed by atoms with E-state index >= 15 is 0 Å². The molecule has 0 bridgehead atoms. The Kier molecular flexibility index (Phi) is 5.46. The summed E-state index contributed by atoms with van der Waals surface area (Å²) in [7, 11) is 0. The van der Waals surface area contributed by atoms with Crippen molar-refractivity contribution < 1.29 is 14.3 Å². The first-order chi connectivity index (χ1) is 12.0. The second-order valence-corrected chi connectivity index (χ2v) is 6.58. The van der Waals surface area contributed by atoms with Crippen LogP contribution in [0, 0.1) is 12.7 Å². The van der Waals surface area contributed by atoms with Crippen LogP contribution in [0.3, 0.4) is 0 Å². The van der Waals surface area contributed by atoms with Gasteiger partial charge in [-0.05, 0) is 42.2 Å². The Morgan fingerprint density at radius 2 is 2.04 bits per heavy atom. The highest BCUT2D eigenvalue weighted by Crippen LogP contribution is 2.18. The third-order valence-corrected chi connectivity index (χ3v) is 4.62. The minimum absolute atomic E-state index is 0.146. The summed E-state index contributed by atoms with van der Waals surface area (Å²) in [6.45, 7) is 4.11. The number of nitrogens with zero attached hydrogens (tertiary/aromatic N) is 1. The van der Waals surface area contributed by atoms with Gasteiger partial charge >= 0.3 is 0 Å². The highest BCUT2D eigenvalue weighted by molar-refractivity contribution is 5.95. The number of carbonyl (C=O) groups is 1. The molecule has 2 aromatic rings. The normalized spacial score (nSPS) is 15.5. The van der Waals surface area contributed by atoms with Gasteiger partial charge in [0.2, 0.25) is 0 Å². The van der Waals surface area contributed by atoms with Crippen LogP contribution >= 0.6 is 0 Å². The van der Waals surface area contributed by atoms with Crippen LogP contribution in [0.25, 0.3) is 0 Å². The van der Waals surface area contributed by atoms with Gasteiger partial charge in [0.1, 0.15) is 5.82 Å². The van der Waals surface area contributed by atoms with E-state index < -0.39 is 11.9 Å². The van der Waals surface area contributed by atoms with Crippen molar-refractivity contribution in [2.24, 2.45) is 0 Å². The van der Waals surface area contributed by atoms with E-state index in [-0.39, 0.29) is 12.5 Å². The van der Waals surface area contributed by atoms with Gasteiger partial charge in [-0.2, -0.15) is 0 Å². The van der Waals surface area contributed by atoms with Crippen molar-refractivity contribution in [3.63, 3.8) is 0 Å². The maximum atomic E-state index is 13.3. The molecule has 1 amide bonds. The van der Waals surface area contributed by atoms with Gasteiger partial charge in [0, 0.05) is 31.7 Å². The highest BCUT2D eigenvalue weighted by Gasteiger charge is 2.19. The van der Waals surface area contributed by atoms with Crippen LogP contribution < -0.4 is 5.32 Å². The van der Waals surface area contributed by atoms with Gasteiger partial charge in [-0.1, -0.05) is 30.3 Å². The van der Waals surface area contributed by atoms with Crippen LogP contribution in [0.4, 0.5) is 4.39 Å². The number of carbonyl (C=O) groups excluding carboxylic acids is 1. The Morgan fingerprint density at radius 1 is 1.28 bits per heavy atom. The number of nitrogens with one attached hydrogen (secondary N) is 1. The van der Waals surface area contributed by atoms with E-state index in [4.69, 9.17) is 0 Å². The van der Waals surface area contributed by atoms with Gasteiger partial charge in [-0.3, -0.25) is 9.69 Å². The summed E-state index contributed by atoms with van der Waals surface area (Å²) in [5.41, 5.74) is 3.67. The molecule has 0 aliphatic carbocycles. The predicted molar refractivity (Wildman–Crippen MR) is 94.9 cm³/mol. The summed E-state index contributed by atoms with van der Waals surface area (Å²) in [6, 6.07) is 12.5. The highest BCUT2D eigenvalue weighted by atomic mass is 19.1. The number of aryl methyl sites for hydroxylation is 1. The molecule has 2 aromatic carbocycles. The molecule has 1 unspecified atom stereocenters. The number of hydrogen-bond donors (Lipinski definition) is 2. The minimum Gasteiger partial charge on any atom is -0.390 e. The molecule has 1 atom stereocenters. The van der Waals surface area contributed by atoms with E-state index in [1.165, 1.54) is 23.3 Å². The number of β-amino-alcohol motifs (C(OH)–C–C–N with tert-alkyl or cyclic N) is 1. The number of hydrogen-bond acceptors (Lipinski definition) is 3. The number of fused-ring (bicyclic) bond motifs is 1. The quantitative estimate of drug-likeness (QED) is 0.877. The lowest BCUT2D eigenvalue weighted by molar-refractivity contribution is 0.0841. The number of benzene rings is 2. The zero-order valence-corrected chi connectivity index (χ0v) is 14.3. The average Bonchev–Trinajstić information content (AvgIpc) is 2.61. The molecule has 1 aliphatic heterocycles. The summed E-state index contributed by atoms with van der Waals surface area (Å²) in [5, 5.41) is 12.9. The molecule has 0 saturated heterocycles. The fourth-order valence-corrected chi connectivity index (χ4v) is 3.22. The van der Waals surface area contributed by atoms with Gasteiger partial charge in [0.05, 0.1) is 6.10 Å². The molecule has 3 rings (SSSR count). The lowest BCUT2D eigenvalue weighted by Crippen LogP contribution is -2.42. The molecule has 25 heavy (non-hydrogen) atoms. The molecule has 0 spiro atoms. The minimum atomic E-state index is -0.664. The van der Waals surface area contributed by atoms with E-state index in [2.05, 4.69) is 22.3 Å². The third-order valence-electron chi connectivity index (χ3n) is 4.62. The van der Waals surface area contributed by atoms with Crippen molar-refractivity contribution in [1.29, 1.82) is 0 Å². The van der Waals surface area contributed by atoms with Crippen molar-refractivity contribution in [3.05, 3.63) is 70.5 Å². The molecule has 0 radical (unpaired) electrons. The summed E-state index contributed by atoms with van der Waals surface area (Å²) in [5.74, 6) is -0.802. The van der Waals surface area contributed by atoms with E-state index in [0.29, 0.717) is 17.7 Å². The first kappa shape index (κ1) is 17.6. The summed E-state index contributed by atoms with van der Waals surface area (Å²) in [6.07, 6.45) is 0.306. The van der Waals surface area contributed by atoms with Crippen LogP contribution in [-0.2, 0) is 13.0 Å². The number of aliphatic hydroxyl groups is 1. The molecule has 4 nitrogen and oxygen atoms in total. The Balaban J connectivity index is 1.51. The van der Waals surface area contributed by atoms with E-state index in [1.807, 2.05) is 12.1 Å². The number of aliphatic hydroxyl groups excluding tert-OH is 1. The Hall–Kier alpha value is -2.24. The summed E-state index contributed by atoms with van der Waals surface area (Å²) >= 11 is 0. The molecule has 5 heteroatoms. The first-order valence-corrected chi connectivity index (χ1v) is 8.54. The predicted octanol–water partition coefficient (Wildman–Crippen LogP) is 2.28. The number of halogens is 1. The van der Waals surface area contributed by atoms with Crippen molar-refractivity contribution >= 4 is 5.91 Å². The topological polar surface area (TPSA) is 52.6 Å². The second kappa shape index (κ2) is 7.76. The van der Waals surface area contributed by atoms with Crippen molar-refractivity contribution in [1.82, 2.24) is 10.2 Å². The van der Waals surface area contributed by atoms with Crippen molar-refractivity contribution in [3.8, 4) is 0 Å². The van der Waals surface area contributed by atoms with Crippen LogP contribution in [0.1, 0.15) is 27.0 Å². The van der Waals surface area contributed by atoms with Gasteiger partial charge in [-0.25, -0.2) is 4.39 Å². The van der Waals surface area contributed by atoms with Crippen LogP contribution in [0.5, 0.6) is 0 Å². The van der Waals surface area contributed by atoms with Crippen LogP contribution in [0.2, 0.25) is 0 Å². The Bertz CT molecular complexity index is 763. The third kappa shape index (κ3) is 4.44. The first-order valence-electron chi connectivity index (χ1n) is 8.54. The molecular formula is C20H23FN2O2. The second-order valence-electron chi connectivity index (χ2n) is 6.58. The zero-order chi connectivity index (χ0) is 17.8. The fraction of sp³-hybridized carbons (Fsp3) is 0.350. The zero-order valence-electron chi connectivity index (χ0n) is 14.3. The molecule has 2 N–H and O–H groups in total. The monoisotopic (exact) mass is 342 g/mol. The average molecular weight is 342 g/mol. The SMILES string of the molecule is Cc1ccc(F)cc1C(=O)NCC(O)CN1CCc2ccccc2C1. The fourth-order valence-electron chi connectivity index (χ4n) is 3.22. The number of rotatable bonds is 5. The van der Waals surface area contributed by atoms with Gasteiger partial charge in [-0.15, -0.1) is 0 Å². The van der Waals surface area contributed by atoms with Crippen molar-refractivity contribution in [2.75, 3.05) is 19.6 Å². The maximum absolute atomic E-state index is 13.3. The molecule has 1 aliphatic rings. The molecule has 0 aromatic heterocycles. The van der Waals surface area contributed by atoms with Gasteiger partial charge < -0.3 is 10.4 Å². The Morgan fingerprint density at radius 3 is 2.84 bits per heavy atom. The lowest BCUT2D eigenvalue weighted by atomic mass is 10.00. The van der Waals surface area contributed by atoms with Crippen molar-refractivity contribution in [2.45, 2.75) is 26.0 Å². The van der Waals surface area contributed by atoms with Crippen LogP contribution in [0.15, 0.2) is 42.5 Å². The molecule has 1 heterocycles. The number of amides is 1. The standard InChI is InChI=1S/C20H23FN2O2/c1-14-6-7-17(21)10-19(14)20(25)22-11-18(24)13-23-9-8-15-4-2-3-5-16(15)12-23/h2-7,10,18,24H,8-9,11-13H2,1H3,(H,22,25). The smallest absolute Gasteiger partial charge is 0.251 e. The molecule has 0 fully saturated rings. The maximum Gasteiger partial charge on any atom is 0.251 e. The summed E-state index contributed by atoms with van der Waals surface area (Å²) < 4.78 is 13.3.